The summed E-state index contributed by atoms with van der Waals surface area (Å²) in [6, 6.07) is 7.25. The molecule has 0 bridgehead atoms. The van der Waals surface area contributed by atoms with E-state index in [1.165, 1.54) is 6.20 Å². The molecule has 2 aromatic rings. The number of nitrogens with zero attached hydrogens (tertiary/aromatic N) is 3. The number of aryl methyl sites for hydroxylation is 1. The van der Waals surface area contributed by atoms with Crippen molar-refractivity contribution in [2.45, 2.75) is 53.7 Å². The molecule has 1 aliphatic carbocycles. The zero-order valence-corrected chi connectivity index (χ0v) is 18.3. The predicted molar refractivity (Wildman–Crippen MR) is 112 cm³/mol. The topological polar surface area (TPSA) is 97.1 Å². The molecular formula is C23H28N4O3. The zero-order valence-electron chi connectivity index (χ0n) is 18.3. The number of amides is 1. The molecule has 0 atom stereocenters. The van der Waals surface area contributed by atoms with Gasteiger partial charge in [-0.05, 0) is 26.0 Å². The lowest BCUT2D eigenvalue weighted by atomic mass is 9.49. The molecule has 1 aromatic carbocycles. The van der Waals surface area contributed by atoms with Crippen LogP contribution in [0, 0.1) is 29.1 Å². The average Bonchev–Trinajstić information content (AvgIpc) is 2.70. The number of rotatable bonds is 6. The van der Waals surface area contributed by atoms with E-state index in [9.17, 15) is 10.1 Å². The van der Waals surface area contributed by atoms with Gasteiger partial charge in [0.25, 0.3) is 5.91 Å². The summed E-state index contributed by atoms with van der Waals surface area (Å²) >= 11 is 0. The van der Waals surface area contributed by atoms with Crippen LogP contribution >= 0.6 is 0 Å². The molecular weight excluding hydrogens is 380 g/mol. The van der Waals surface area contributed by atoms with Crippen LogP contribution in [-0.4, -0.2) is 34.6 Å². The molecule has 1 heterocycles. The van der Waals surface area contributed by atoms with Gasteiger partial charge >= 0.3 is 0 Å². The van der Waals surface area contributed by atoms with Crippen LogP contribution in [0.3, 0.4) is 0 Å². The molecule has 7 nitrogen and oxygen atoms in total. The Kier molecular flexibility index (Phi) is 5.71. The molecule has 1 amide bonds. The molecule has 3 rings (SSSR count). The third kappa shape index (κ3) is 3.82. The van der Waals surface area contributed by atoms with E-state index in [4.69, 9.17) is 9.47 Å². The van der Waals surface area contributed by atoms with E-state index in [1.54, 1.807) is 24.4 Å². The molecule has 1 aromatic heterocycles. The van der Waals surface area contributed by atoms with Gasteiger partial charge in [-0.2, -0.15) is 5.26 Å². The number of carbonyl (C=O) groups excluding carboxylic acids is 1. The van der Waals surface area contributed by atoms with Crippen LogP contribution in [0.1, 0.15) is 56.4 Å². The standard InChI is InChI=1S/C23H28N4O3/c1-7-29-18-10-16(9-8-15(18)11-24)30-21-22(3,4)20(23(21,5)6)27-19(28)17-13-25-14(2)12-26-17/h8-10,12-13,20-21H,7H2,1-6H3,(H,27,28)/t20-,21-. The van der Waals surface area contributed by atoms with Gasteiger partial charge in [0.2, 0.25) is 0 Å². The number of aromatic nitrogens is 2. The summed E-state index contributed by atoms with van der Waals surface area (Å²) in [5, 5.41) is 12.4. The zero-order chi connectivity index (χ0) is 22.1. The Morgan fingerprint density at radius 2 is 1.90 bits per heavy atom. The van der Waals surface area contributed by atoms with Gasteiger partial charge in [-0.15, -0.1) is 0 Å². The molecule has 158 valence electrons. The number of hydrogen-bond donors (Lipinski definition) is 1. The highest BCUT2D eigenvalue weighted by molar-refractivity contribution is 5.92. The van der Waals surface area contributed by atoms with Gasteiger partial charge in [-0.3, -0.25) is 9.78 Å². The summed E-state index contributed by atoms with van der Waals surface area (Å²) in [5.74, 6) is 0.900. The maximum absolute atomic E-state index is 12.7. The average molecular weight is 409 g/mol. The van der Waals surface area contributed by atoms with Gasteiger partial charge in [0, 0.05) is 29.1 Å². The third-order valence-electron chi connectivity index (χ3n) is 5.76. The fourth-order valence-electron chi connectivity index (χ4n) is 4.59. The monoisotopic (exact) mass is 408 g/mol. The van der Waals surface area contributed by atoms with Gasteiger partial charge in [-0.1, -0.05) is 27.7 Å². The summed E-state index contributed by atoms with van der Waals surface area (Å²) in [4.78, 5) is 21.0. The molecule has 1 aliphatic rings. The Balaban J connectivity index is 1.77. The molecule has 0 unspecified atom stereocenters. The van der Waals surface area contributed by atoms with Gasteiger partial charge < -0.3 is 14.8 Å². The largest absolute Gasteiger partial charge is 0.492 e. The summed E-state index contributed by atoms with van der Waals surface area (Å²) in [6.45, 7) is 12.5. The Labute approximate surface area is 177 Å². The second kappa shape index (κ2) is 7.94. The van der Waals surface area contributed by atoms with E-state index in [1.807, 2.05) is 13.8 Å². The minimum absolute atomic E-state index is 0.115. The van der Waals surface area contributed by atoms with Crippen molar-refractivity contribution in [1.29, 1.82) is 5.26 Å². The quantitative estimate of drug-likeness (QED) is 0.783. The minimum atomic E-state index is -0.322. The number of ether oxygens (including phenoxy) is 2. The van der Waals surface area contributed by atoms with Gasteiger partial charge in [0.05, 0.1) is 24.1 Å². The van der Waals surface area contributed by atoms with Crippen molar-refractivity contribution in [3.8, 4) is 17.6 Å². The second-order valence-electron chi connectivity index (χ2n) is 8.79. The molecule has 0 saturated heterocycles. The maximum atomic E-state index is 12.7. The summed E-state index contributed by atoms with van der Waals surface area (Å²) in [6.07, 6.45) is 2.92. The number of benzene rings is 1. The third-order valence-corrected chi connectivity index (χ3v) is 5.76. The number of hydrogen-bond acceptors (Lipinski definition) is 6. The first-order valence-electron chi connectivity index (χ1n) is 10.0. The van der Waals surface area contributed by atoms with E-state index >= 15 is 0 Å². The second-order valence-corrected chi connectivity index (χ2v) is 8.79. The maximum Gasteiger partial charge on any atom is 0.271 e. The van der Waals surface area contributed by atoms with Crippen molar-refractivity contribution in [2.75, 3.05) is 6.61 Å². The Morgan fingerprint density at radius 1 is 1.20 bits per heavy atom. The highest BCUT2D eigenvalue weighted by Crippen LogP contribution is 2.55. The summed E-state index contributed by atoms with van der Waals surface area (Å²) < 4.78 is 11.9. The minimum Gasteiger partial charge on any atom is -0.492 e. The number of nitrogens with one attached hydrogen (secondary N) is 1. The van der Waals surface area contributed by atoms with E-state index in [-0.39, 0.29) is 28.9 Å². The first-order chi connectivity index (χ1) is 14.1. The predicted octanol–water partition coefficient (Wildman–Crippen LogP) is 3.67. The highest BCUT2D eigenvalue weighted by atomic mass is 16.5. The van der Waals surface area contributed by atoms with Crippen LogP contribution in [0.15, 0.2) is 30.6 Å². The van der Waals surface area contributed by atoms with Crippen LogP contribution in [0.4, 0.5) is 0 Å². The van der Waals surface area contributed by atoms with Crippen molar-refractivity contribution in [1.82, 2.24) is 15.3 Å². The van der Waals surface area contributed by atoms with Crippen LogP contribution in [0.2, 0.25) is 0 Å². The van der Waals surface area contributed by atoms with Gasteiger partial charge in [0.1, 0.15) is 29.4 Å². The Bertz CT molecular complexity index is 961. The SMILES string of the molecule is CCOc1cc(O[C@H]2C(C)(C)[C@H](NC(=O)c3cnc(C)cn3)C2(C)C)ccc1C#N. The molecule has 0 aliphatic heterocycles. The fourth-order valence-corrected chi connectivity index (χ4v) is 4.59. The summed E-state index contributed by atoms with van der Waals surface area (Å²) in [7, 11) is 0. The van der Waals surface area contributed by atoms with Crippen LogP contribution in [-0.2, 0) is 0 Å². The molecule has 1 saturated carbocycles. The molecule has 0 spiro atoms. The number of nitriles is 1. The highest BCUT2D eigenvalue weighted by Gasteiger charge is 2.64. The van der Waals surface area contributed by atoms with Gasteiger partial charge in [-0.25, -0.2) is 4.98 Å². The van der Waals surface area contributed by atoms with E-state index < -0.39 is 0 Å². The van der Waals surface area contributed by atoms with E-state index in [0.29, 0.717) is 29.4 Å². The van der Waals surface area contributed by atoms with E-state index in [2.05, 4.69) is 49.0 Å². The van der Waals surface area contributed by atoms with Crippen molar-refractivity contribution in [3.63, 3.8) is 0 Å². The van der Waals surface area contributed by atoms with Crippen LogP contribution < -0.4 is 14.8 Å². The van der Waals surface area contributed by atoms with Crippen LogP contribution in [0.25, 0.3) is 0 Å². The lowest BCUT2D eigenvalue weighted by Crippen LogP contribution is -2.74. The fraction of sp³-hybridized carbons (Fsp3) is 0.478. The van der Waals surface area contributed by atoms with Crippen molar-refractivity contribution < 1.29 is 14.3 Å². The van der Waals surface area contributed by atoms with Crippen molar-refractivity contribution in [2.24, 2.45) is 10.8 Å². The molecule has 0 radical (unpaired) electrons. The summed E-state index contributed by atoms with van der Waals surface area (Å²) in [5.41, 5.74) is 0.886. The smallest absolute Gasteiger partial charge is 0.271 e. The Morgan fingerprint density at radius 3 is 2.47 bits per heavy atom. The molecule has 7 heteroatoms. The molecule has 30 heavy (non-hydrogen) atoms. The van der Waals surface area contributed by atoms with Gasteiger partial charge in [0.15, 0.2) is 0 Å². The molecule has 1 N–H and O–H groups in total. The van der Waals surface area contributed by atoms with E-state index in [0.717, 1.165) is 5.69 Å². The first-order valence-corrected chi connectivity index (χ1v) is 10.0. The lowest BCUT2D eigenvalue weighted by molar-refractivity contribution is -0.164. The normalized spacial score (nSPS) is 21.1. The van der Waals surface area contributed by atoms with Crippen LogP contribution in [0.5, 0.6) is 11.5 Å². The number of carbonyl (C=O) groups is 1. The first kappa shape index (κ1) is 21.6. The molecule has 1 fully saturated rings. The van der Waals surface area contributed by atoms with Crippen molar-refractivity contribution in [3.05, 3.63) is 47.5 Å². The van der Waals surface area contributed by atoms with Crippen molar-refractivity contribution >= 4 is 5.91 Å². The Hall–Kier alpha value is -3.14. The lowest BCUT2D eigenvalue weighted by Gasteiger charge is -2.63.